The number of benzene rings is 1. The van der Waals surface area contributed by atoms with E-state index in [4.69, 9.17) is 11.6 Å². The molecule has 1 aromatic carbocycles. The normalized spacial score (nSPS) is 11.2. The zero-order chi connectivity index (χ0) is 14.4. The molecule has 0 atom stereocenters. The summed E-state index contributed by atoms with van der Waals surface area (Å²) in [5.41, 5.74) is 2.34. The van der Waals surface area contributed by atoms with E-state index in [0.29, 0.717) is 22.2 Å². The number of aromatic amines is 1. The van der Waals surface area contributed by atoms with Gasteiger partial charge in [-0.05, 0) is 32.0 Å². The number of aryl methyl sites for hydroxylation is 2. The molecule has 0 saturated carbocycles. The van der Waals surface area contributed by atoms with Crippen molar-refractivity contribution in [3.63, 3.8) is 0 Å². The van der Waals surface area contributed by atoms with Crippen molar-refractivity contribution < 1.29 is 9.18 Å². The number of aldehydes is 1. The zero-order valence-electron chi connectivity index (χ0n) is 10.9. The maximum atomic E-state index is 14.0. The lowest BCUT2D eigenvalue weighted by atomic mass is 10.1. The van der Waals surface area contributed by atoms with Gasteiger partial charge in [-0.3, -0.25) is 4.79 Å². The van der Waals surface area contributed by atoms with Gasteiger partial charge in [0.25, 0.3) is 0 Å². The number of hydrogen-bond donors (Lipinski definition) is 1. The Morgan fingerprint density at radius 1 is 1.30 bits per heavy atom. The van der Waals surface area contributed by atoms with E-state index < -0.39 is 5.82 Å². The van der Waals surface area contributed by atoms with Crippen LogP contribution in [0.4, 0.5) is 4.39 Å². The van der Waals surface area contributed by atoms with Crippen molar-refractivity contribution in [2.75, 3.05) is 0 Å². The van der Waals surface area contributed by atoms with Gasteiger partial charge in [0.2, 0.25) is 0 Å². The molecule has 1 N–H and O–H groups in total. The molecule has 0 fully saturated rings. The van der Waals surface area contributed by atoms with Gasteiger partial charge in [-0.25, -0.2) is 4.39 Å². The average Bonchev–Trinajstić information content (AvgIpc) is 2.89. The Bertz CT molecular complexity index is 834. The predicted molar refractivity (Wildman–Crippen MR) is 81.4 cm³/mol. The summed E-state index contributed by atoms with van der Waals surface area (Å²) < 4.78 is 14.0. The predicted octanol–water partition coefficient (Wildman–Crippen LogP) is 5.12. The number of fused-ring (bicyclic) bond motifs is 1. The van der Waals surface area contributed by atoms with Gasteiger partial charge >= 0.3 is 0 Å². The summed E-state index contributed by atoms with van der Waals surface area (Å²) in [6.45, 7) is 3.98. The summed E-state index contributed by atoms with van der Waals surface area (Å²) in [5.74, 6) is -0.452. The van der Waals surface area contributed by atoms with E-state index in [1.54, 1.807) is 17.4 Å². The van der Waals surface area contributed by atoms with Crippen molar-refractivity contribution in [1.29, 1.82) is 0 Å². The Labute approximate surface area is 124 Å². The Morgan fingerprint density at radius 3 is 2.65 bits per heavy atom. The molecule has 2 nitrogen and oxygen atoms in total. The molecule has 0 aliphatic carbocycles. The molecule has 0 aliphatic rings. The van der Waals surface area contributed by atoms with E-state index in [1.165, 1.54) is 6.07 Å². The number of carbonyl (C=O) groups excluding carboxylic acids is 1. The summed E-state index contributed by atoms with van der Waals surface area (Å²) in [6.07, 6.45) is 0.746. The molecule has 20 heavy (non-hydrogen) atoms. The van der Waals surface area contributed by atoms with Gasteiger partial charge in [-0.2, -0.15) is 0 Å². The number of halogens is 2. The highest BCUT2D eigenvalue weighted by Gasteiger charge is 2.18. The summed E-state index contributed by atoms with van der Waals surface area (Å²) in [7, 11) is 0. The molecule has 0 saturated heterocycles. The first-order chi connectivity index (χ1) is 9.51. The van der Waals surface area contributed by atoms with Crippen molar-refractivity contribution in [3.05, 3.63) is 44.4 Å². The minimum absolute atomic E-state index is 0.280. The van der Waals surface area contributed by atoms with Gasteiger partial charge in [0, 0.05) is 31.3 Å². The number of aromatic nitrogens is 1. The fourth-order valence-electron chi connectivity index (χ4n) is 2.45. The fourth-order valence-corrected chi connectivity index (χ4v) is 3.59. The smallest absolute Gasteiger partial charge is 0.152 e. The molecule has 2 aromatic heterocycles. The molecule has 2 heterocycles. The lowest BCUT2D eigenvalue weighted by molar-refractivity contribution is 0.112. The molecular weight excluding hydrogens is 297 g/mol. The number of thiophene rings is 1. The quantitative estimate of drug-likeness (QED) is 0.655. The fraction of sp³-hybridized carbons (Fsp3) is 0.133. The minimum atomic E-state index is -0.452. The molecular formula is C15H11ClFNOS. The SMILES string of the molecule is Cc1cc(-c2[nH]c3c(F)cc(Cl)cc3c2C=O)c(C)s1. The topological polar surface area (TPSA) is 32.9 Å². The van der Waals surface area contributed by atoms with Crippen LogP contribution in [0.15, 0.2) is 18.2 Å². The van der Waals surface area contributed by atoms with Gasteiger partial charge in [0.15, 0.2) is 6.29 Å². The molecule has 0 bridgehead atoms. The second-order valence-corrected chi connectivity index (χ2v) is 6.57. The number of hydrogen-bond acceptors (Lipinski definition) is 2. The van der Waals surface area contributed by atoms with E-state index in [-0.39, 0.29) is 5.02 Å². The van der Waals surface area contributed by atoms with Crippen LogP contribution in [0.25, 0.3) is 22.2 Å². The second-order valence-electron chi connectivity index (χ2n) is 4.67. The summed E-state index contributed by atoms with van der Waals surface area (Å²) in [5, 5.41) is 0.796. The first kappa shape index (κ1) is 13.3. The van der Waals surface area contributed by atoms with Crippen molar-refractivity contribution in [2.24, 2.45) is 0 Å². The van der Waals surface area contributed by atoms with Crippen LogP contribution in [-0.2, 0) is 0 Å². The molecule has 102 valence electrons. The lowest BCUT2D eigenvalue weighted by Crippen LogP contribution is -1.84. The average molecular weight is 308 g/mol. The van der Waals surface area contributed by atoms with Gasteiger partial charge in [0.1, 0.15) is 5.82 Å². The largest absolute Gasteiger partial charge is 0.351 e. The van der Waals surface area contributed by atoms with Crippen LogP contribution in [0.2, 0.25) is 5.02 Å². The van der Waals surface area contributed by atoms with E-state index >= 15 is 0 Å². The molecule has 0 spiro atoms. The van der Waals surface area contributed by atoms with E-state index in [9.17, 15) is 9.18 Å². The molecule has 3 rings (SSSR count). The van der Waals surface area contributed by atoms with Crippen molar-refractivity contribution >= 4 is 40.1 Å². The Balaban J connectivity index is 2.39. The van der Waals surface area contributed by atoms with Crippen molar-refractivity contribution in [1.82, 2.24) is 4.98 Å². The standard InChI is InChI=1S/C15H11ClFNOS/c1-7-3-10(8(2)20-7)14-12(6-19)11-4-9(16)5-13(17)15(11)18-14/h3-6,18H,1-2H3. The van der Waals surface area contributed by atoms with Gasteiger partial charge < -0.3 is 4.98 Å². The van der Waals surface area contributed by atoms with Gasteiger partial charge in [-0.1, -0.05) is 11.6 Å². The van der Waals surface area contributed by atoms with Gasteiger partial charge in [-0.15, -0.1) is 11.3 Å². The Hall–Kier alpha value is -1.65. The zero-order valence-corrected chi connectivity index (χ0v) is 12.5. The third-order valence-electron chi connectivity index (χ3n) is 3.29. The number of nitrogens with one attached hydrogen (secondary N) is 1. The highest BCUT2D eigenvalue weighted by Crippen LogP contribution is 2.36. The maximum Gasteiger partial charge on any atom is 0.152 e. The van der Waals surface area contributed by atoms with E-state index in [1.807, 2.05) is 19.9 Å². The number of carbonyl (C=O) groups is 1. The number of H-pyrrole nitrogens is 1. The second kappa shape index (κ2) is 4.72. The lowest BCUT2D eigenvalue weighted by Gasteiger charge is -1.97. The van der Waals surface area contributed by atoms with Crippen molar-refractivity contribution in [3.8, 4) is 11.3 Å². The maximum absolute atomic E-state index is 14.0. The van der Waals surface area contributed by atoms with Crippen LogP contribution in [0.3, 0.4) is 0 Å². The summed E-state index contributed by atoms with van der Waals surface area (Å²) in [6, 6.07) is 4.85. The van der Waals surface area contributed by atoms with E-state index in [0.717, 1.165) is 21.6 Å². The van der Waals surface area contributed by atoms with Gasteiger partial charge in [0.05, 0.1) is 11.2 Å². The van der Waals surface area contributed by atoms with E-state index in [2.05, 4.69) is 4.98 Å². The van der Waals surface area contributed by atoms with Crippen LogP contribution in [0.1, 0.15) is 20.1 Å². The number of rotatable bonds is 2. The Kier molecular flexibility index (Phi) is 3.15. The molecule has 0 radical (unpaired) electrons. The molecule has 0 unspecified atom stereocenters. The van der Waals surface area contributed by atoms with Crippen LogP contribution in [-0.4, -0.2) is 11.3 Å². The highest BCUT2D eigenvalue weighted by molar-refractivity contribution is 7.12. The summed E-state index contributed by atoms with van der Waals surface area (Å²) >= 11 is 7.52. The monoisotopic (exact) mass is 307 g/mol. The highest BCUT2D eigenvalue weighted by atomic mass is 35.5. The third-order valence-corrected chi connectivity index (χ3v) is 4.48. The molecule has 0 amide bonds. The van der Waals surface area contributed by atoms with Crippen LogP contribution >= 0.6 is 22.9 Å². The molecule has 0 aliphatic heterocycles. The first-order valence-electron chi connectivity index (χ1n) is 6.04. The van der Waals surface area contributed by atoms with Crippen LogP contribution in [0, 0.1) is 19.7 Å². The molecule has 3 aromatic rings. The van der Waals surface area contributed by atoms with Crippen molar-refractivity contribution in [2.45, 2.75) is 13.8 Å². The Morgan fingerprint density at radius 2 is 2.05 bits per heavy atom. The summed E-state index contributed by atoms with van der Waals surface area (Å²) in [4.78, 5) is 16.7. The molecule has 5 heteroatoms. The van der Waals surface area contributed by atoms with Crippen LogP contribution < -0.4 is 0 Å². The third kappa shape index (κ3) is 1.96. The first-order valence-corrected chi connectivity index (χ1v) is 7.24. The minimum Gasteiger partial charge on any atom is -0.351 e. The van der Waals surface area contributed by atoms with Crippen LogP contribution in [0.5, 0.6) is 0 Å².